The highest BCUT2D eigenvalue weighted by atomic mass is 16.5. The zero-order chi connectivity index (χ0) is 13.0. The van der Waals surface area contributed by atoms with Crippen LogP contribution >= 0.6 is 0 Å². The highest BCUT2D eigenvalue weighted by Gasteiger charge is 2.12. The molecule has 0 radical (unpaired) electrons. The van der Waals surface area contributed by atoms with Gasteiger partial charge in [-0.25, -0.2) is 0 Å². The predicted octanol–water partition coefficient (Wildman–Crippen LogP) is 3.24. The van der Waals surface area contributed by atoms with E-state index in [-0.39, 0.29) is 12.1 Å². The Morgan fingerprint density at radius 1 is 1.06 bits per heavy atom. The van der Waals surface area contributed by atoms with Crippen LogP contribution < -0.4 is 10.5 Å². The quantitative estimate of drug-likeness (QED) is 0.895. The highest BCUT2D eigenvalue weighted by Crippen LogP contribution is 2.27. The number of para-hydroxylation sites is 1. The molecular weight excluding hydrogens is 224 g/mol. The Labute approximate surface area is 108 Å². The summed E-state index contributed by atoms with van der Waals surface area (Å²) in [5.41, 5.74) is 7.86. The molecule has 1 heterocycles. The normalized spacial score (nSPS) is 13.9. The second-order valence-electron chi connectivity index (χ2n) is 4.34. The molecule has 1 aromatic heterocycles. The molecule has 1 aromatic carbocycles. The van der Waals surface area contributed by atoms with Crippen molar-refractivity contribution >= 4 is 0 Å². The standard InChI is InChI=1S/C15H18N2O/c1-11(16)13-7-3-4-9-15(13)18-12(2)14-8-5-6-10-17-14/h3-12H,16H2,1-2H3. The third-order valence-electron chi connectivity index (χ3n) is 2.82. The number of rotatable bonds is 4. The van der Waals surface area contributed by atoms with Gasteiger partial charge in [-0.05, 0) is 32.0 Å². The summed E-state index contributed by atoms with van der Waals surface area (Å²) in [6.07, 6.45) is 1.68. The minimum absolute atomic E-state index is 0.0443. The molecule has 2 rings (SSSR count). The average molecular weight is 242 g/mol. The summed E-state index contributed by atoms with van der Waals surface area (Å²) < 4.78 is 5.95. The van der Waals surface area contributed by atoms with E-state index in [2.05, 4.69) is 4.98 Å². The first-order chi connectivity index (χ1) is 8.68. The van der Waals surface area contributed by atoms with Crippen molar-refractivity contribution in [2.24, 2.45) is 5.73 Å². The molecule has 0 fully saturated rings. The smallest absolute Gasteiger partial charge is 0.138 e. The molecule has 0 spiro atoms. The van der Waals surface area contributed by atoms with E-state index in [1.165, 1.54) is 0 Å². The monoisotopic (exact) mass is 242 g/mol. The lowest BCUT2D eigenvalue weighted by Crippen LogP contribution is -2.10. The minimum Gasteiger partial charge on any atom is -0.484 e. The molecule has 0 amide bonds. The molecule has 18 heavy (non-hydrogen) atoms. The first kappa shape index (κ1) is 12.6. The van der Waals surface area contributed by atoms with Crippen molar-refractivity contribution in [1.29, 1.82) is 0 Å². The van der Waals surface area contributed by atoms with E-state index in [1.807, 2.05) is 56.3 Å². The van der Waals surface area contributed by atoms with Gasteiger partial charge in [0.1, 0.15) is 11.9 Å². The van der Waals surface area contributed by atoms with Gasteiger partial charge in [0.05, 0.1) is 5.69 Å². The Hall–Kier alpha value is -1.87. The SMILES string of the molecule is CC(N)c1ccccc1OC(C)c1ccccn1. The molecule has 0 saturated carbocycles. The van der Waals surface area contributed by atoms with E-state index in [0.29, 0.717) is 0 Å². The first-order valence-corrected chi connectivity index (χ1v) is 6.10. The molecular formula is C15H18N2O. The Morgan fingerprint density at radius 2 is 1.78 bits per heavy atom. The lowest BCUT2D eigenvalue weighted by molar-refractivity contribution is 0.219. The first-order valence-electron chi connectivity index (χ1n) is 6.10. The number of nitrogens with two attached hydrogens (primary N) is 1. The van der Waals surface area contributed by atoms with Gasteiger partial charge in [-0.2, -0.15) is 0 Å². The molecule has 0 saturated heterocycles. The summed E-state index contributed by atoms with van der Waals surface area (Å²) in [5.74, 6) is 0.825. The van der Waals surface area contributed by atoms with Crippen LogP contribution in [0.25, 0.3) is 0 Å². The molecule has 0 aliphatic heterocycles. The van der Waals surface area contributed by atoms with Crippen molar-refractivity contribution in [3.63, 3.8) is 0 Å². The lowest BCUT2D eigenvalue weighted by Gasteiger charge is -2.18. The van der Waals surface area contributed by atoms with Crippen LogP contribution in [0.3, 0.4) is 0 Å². The topological polar surface area (TPSA) is 48.1 Å². The molecule has 2 aromatic rings. The van der Waals surface area contributed by atoms with Crippen molar-refractivity contribution in [3.8, 4) is 5.75 Å². The van der Waals surface area contributed by atoms with E-state index in [1.54, 1.807) is 6.20 Å². The maximum Gasteiger partial charge on any atom is 0.138 e. The van der Waals surface area contributed by atoms with Crippen molar-refractivity contribution in [2.75, 3.05) is 0 Å². The van der Waals surface area contributed by atoms with E-state index >= 15 is 0 Å². The Bertz CT molecular complexity index is 497. The van der Waals surface area contributed by atoms with E-state index in [0.717, 1.165) is 17.0 Å². The zero-order valence-corrected chi connectivity index (χ0v) is 10.7. The summed E-state index contributed by atoms with van der Waals surface area (Å²) in [5, 5.41) is 0. The Morgan fingerprint density at radius 3 is 2.44 bits per heavy atom. The molecule has 0 aliphatic rings. The van der Waals surface area contributed by atoms with Crippen molar-refractivity contribution in [2.45, 2.75) is 26.0 Å². The number of hydrogen-bond acceptors (Lipinski definition) is 3. The highest BCUT2D eigenvalue weighted by molar-refractivity contribution is 5.35. The molecule has 2 unspecified atom stereocenters. The Kier molecular flexibility index (Phi) is 3.95. The number of pyridine rings is 1. The molecule has 3 nitrogen and oxygen atoms in total. The average Bonchev–Trinajstić information content (AvgIpc) is 2.40. The summed E-state index contributed by atoms with van der Waals surface area (Å²) in [6, 6.07) is 13.6. The van der Waals surface area contributed by atoms with Gasteiger partial charge in [-0.3, -0.25) is 4.98 Å². The third kappa shape index (κ3) is 2.87. The van der Waals surface area contributed by atoms with Crippen LogP contribution in [-0.4, -0.2) is 4.98 Å². The minimum atomic E-state index is -0.0916. The van der Waals surface area contributed by atoms with Crippen LogP contribution in [0.1, 0.15) is 37.3 Å². The summed E-state index contributed by atoms with van der Waals surface area (Å²) in [7, 11) is 0. The fourth-order valence-electron chi connectivity index (χ4n) is 1.83. The summed E-state index contributed by atoms with van der Waals surface area (Å²) in [6.45, 7) is 3.94. The van der Waals surface area contributed by atoms with Crippen LogP contribution in [0.4, 0.5) is 0 Å². The van der Waals surface area contributed by atoms with Gasteiger partial charge in [0.25, 0.3) is 0 Å². The van der Waals surface area contributed by atoms with Crippen molar-refractivity contribution in [3.05, 3.63) is 59.9 Å². The third-order valence-corrected chi connectivity index (χ3v) is 2.82. The molecule has 2 atom stereocenters. The summed E-state index contributed by atoms with van der Waals surface area (Å²) in [4.78, 5) is 4.29. The molecule has 94 valence electrons. The zero-order valence-electron chi connectivity index (χ0n) is 10.7. The molecule has 3 heteroatoms. The van der Waals surface area contributed by atoms with Gasteiger partial charge in [0.15, 0.2) is 0 Å². The van der Waals surface area contributed by atoms with Crippen LogP contribution in [0.15, 0.2) is 48.7 Å². The van der Waals surface area contributed by atoms with Gasteiger partial charge >= 0.3 is 0 Å². The summed E-state index contributed by atoms with van der Waals surface area (Å²) >= 11 is 0. The van der Waals surface area contributed by atoms with Gasteiger partial charge in [-0.1, -0.05) is 24.3 Å². The largest absolute Gasteiger partial charge is 0.484 e. The fourth-order valence-corrected chi connectivity index (χ4v) is 1.83. The second-order valence-corrected chi connectivity index (χ2v) is 4.34. The van der Waals surface area contributed by atoms with Crippen molar-refractivity contribution < 1.29 is 4.74 Å². The van der Waals surface area contributed by atoms with Crippen LogP contribution in [0.2, 0.25) is 0 Å². The van der Waals surface area contributed by atoms with Gasteiger partial charge in [-0.15, -0.1) is 0 Å². The molecule has 0 bridgehead atoms. The van der Waals surface area contributed by atoms with E-state index in [4.69, 9.17) is 10.5 Å². The number of aromatic nitrogens is 1. The van der Waals surface area contributed by atoms with Gasteiger partial charge in [0.2, 0.25) is 0 Å². The van der Waals surface area contributed by atoms with Gasteiger partial charge < -0.3 is 10.5 Å². The lowest BCUT2D eigenvalue weighted by atomic mass is 10.1. The van der Waals surface area contributed by atoms with Crippen molar-refractivity contribution in [1.82, 2.24) is 4.98 Å². The Balaban J connectivity index is 2.19. The van der Waals surface area contributed by atoms with Crippen LogP contribution in [0, 0.1) is 0 Å². The second kappa shape index (κ2) is 5.65. The number of nitrogens with zero attached hydrogens (tertiary/aromatic N) is 1. The maximum atomic E-state index is 5.95. The van der Waals surface area contributed by atoms with E-state index < -0.39 is 0 Å². The molecule has 0 aliphatic carbocycles. The van der Waals surface area contributed by atoms with Gasteiger partial charge in [0, 0.05) is 17.8 Å². The maximum absolute atomic E-state index is 5.95. The van der Waals surface area contributed by atoms with E-state index in [9.17, 15) is 0 Å². The fraction of sp³-hybridized carbons (Fsp3) is 0.267. The number of hydrogen-bond donors (Lipinski definition) is 1. The van der Waals surface area contributed by atoms with Crippen LogP contribution in [0.5, 0.6) is 5.75 Å². The van der Waals surface area contributed by atoms with Crippen LogP contribution in [-0.2, 0) is 0 Å². The molecule has 2 N–H and O–H groups in total. The number of ether oxygens (including phenoxy) is 1. The predicted molar refractivity (Wildman–Crippen MR) is 72.3 cm³/mol. The number of benzene rings is 1.